The normalized spacial score (nSPS) is 14.1. The number of carboxylic acid groups (broad SMARTS) is 1. The summed E-state index contributed by atoms with van der Waals surface area (Å²) in [4.78, 5) is 11.0. The van der Waals surface area contributed by atoms with Gasteiger partial charge in [-0.25, -0.2) is 0 Å². The number of rotatable bonds is 11. The van der Waals surface area contributed by atoms with Gasteiger partial charge in [0, 0.05) is 24.6 Å². The molecule has 6 heteroatoms. The number of aromatic amines is 1. The van der Waals surface area contributed by atoms with Gasteiger partial charge in [0.25, 0.3) is 0 Å². The molecule has 0 fully saturated rings. The molecular weight excluding hydrogens is 452 g/mol. The van der Waals surface area contributed by atoms with Gasteiger partial charge < -0.3 is 14.6 Å². The maximum absolute atomic E-state index is 11.0. The van der Waals surface area contributed by atoms with Crippen molar-refractivity contribution in [2.75, 3.05) is 13.2 Å². The lowest BCUT2D eigenvalue weighted by Gasteiger charge is -2.28. The van der Waals surface area contributed by atoms with Gasteiger partial charge in [-0.2, -0.15) is 5.10 Å². The quantitative estimate of drug-likeness (QED) is 0.239. The van der Waals surface area contributed by atoms with Crippen molar-refractivity contribution in [3.8, 4) is 33.9 Å². The van der Waals surface area contributed by atoms with Gasteiger partial charge in [0.05, 0.1) is 18.9 Å². The first kappa shape index (κ1) is 23.7. The second-order valence-corrected chi connectivity index (χ2v) is 9.11. The Bertz CT molecular complexity index is 1320. The zero-order valence-electron chi connectivity index (χ0n) is 20.2. The van der Waals surface area contributed by atoms with Crippen molar-refractivity contribution in [3.63, 3.8) is 0 Å². The largest absolute Gasteiger partial charge is 0.493 e. The Morgan fingerprint density at radius 2 is 1.72 bits per heavy atom. The average molecular weight is 483 g/mol. The lowest BCUT2D eigenvalue weighted by atomic mass is 9.76. The van der Waals surface area contributed by atoms with Crippen LogP contribution in [0.25, 0.3) is 22.4 Å². The molecule has 6 nitrogen and oxygen atoms in total. The Labute approximate surface area is 210 Å². The molecule has 1 aliphatic carbocycles. The summed E-state index contributed by atoms with van der Waals surface area (Å²) >= 11 is 0. The SMILES string of the molecule is O=C(O)CCCC1Cc2ccccc2-c2ccc(OCCCOc3ccccc3-c3ccn[nH]3)cc21. The van der Waals surface area contributed by atoms with Crippen LogP contribution in [0.2, 0.25) is 0 Å². The standard InChI is InChI=1S/C30H30N2O4/c33-30(34)12-5-8-22-19-21-7-1-2-9-24(21)25-14-13-23(20-27(22)25)35-17-6-18-36-29-11-4-3-10-26(29)28-15-16-31-32-28/h1-4,7,9-11,13-16,20,22H,5-6,8,12,17-19H2,(H,31,32)(H,33,34). The fourth-order valence-electron chi connectivity index (χ4n) is 4.96. The summed E-state index contributed by atoms with van der Waals surface area (Å²) in [5.41, 5.74) is 6.98. The van der Waals surface area contributed by atoms with Crippen LogP contribution in [0.4, 0.5) is 0 Å². The van der Waals surface area contributed by atoms with Crippen LogP contribution < -0.4 is 9.47 Å². The van der Waals surface area contributed by atoms with Crippen LogP contribution in [-0.4, -0.2) is 34.5 Å². The molecule has 0 spiro atoms. The molecule has 1 aromatic heterocycles. The number of H-pyrrole nitrogens is 1. The van der Waals surface area contributed by atoms with Gasteiger partial charge in [-0.1, -0.05) is 42.5 Å². The third-order valence-corrected chi connectivity index (χ3v) is 6.67. The summed E-state index contributed by atoms with van der Waals surface area (Å²) in [6.45, 7) is 1.09. The average Bonchev–Trinajstić information content (AvgIpc) is 3.43. The molecule has 36 heavy (non-hydrogen) atoms. The van der Waals surface area contributed by atoms with Crippen LogP contribution in [0.15, 0.2) is 79.0 Å². The second kappa shape index (κ2) is 11.1. The summed E-state index contributed by atoms with van der Waals surface area (Å²) in [5, 5.41) is 16.1. The van der Waals surface area contributed by atoms with Gasteiger partial charge in [0.15, 0.2) is 0 Å². The van der Waals surface area contributed by atoms with Gasteiger partial charge in [-0.3, -0.25) is 9.89 Å². The zero-order chi connectivity index (χ0) is 24.7. The highest BCUT2D eigenvalue weighted by Crippen LogP contribution is 2.43. The summed E-state index contributed by atoms with van der Waals surface area (Å²) in [7, 11) is 0. The van der Waals surface area contributed by atoms with Crippen LogP contribution in [-0.2, 0) is 11.2 Å². The molecule has 0 saturated carbocycles. The van der Waals surface area contributed by atoms with Gasteiger partial charge in [-0.15, -0.1) is 0 Å². The highest BCUT2D eigenvalue weighted by molar-refractivity contribution is 5.75. The molecule has 1 unspecified atom stereocenters. The Morgan fingerprint density at radius 1 is 0.917 bits per heavy atom. The molecule has 0 amide bonds. The Hall–Kier alpha value is -4.06. The molecule has 3 aromatic carbocycles. The molecule has 4 aromatic rings. The fraction of sp³-hybridized carbons (Fsp3) is 0.267. The molecule has 0 bridgehead atoms. The molecular formula is C30H30N2O4. The van der Waals surface area contributed by atoms with E-state index >= 15 is 0 Å². The molecule has 1 aliphatic rings. The maximum Gasteiger partial charge on any atom is 0.303 e. The minimum absolute atomic E-state index is 0.202. The van der Waals surface area contributed by atoms with Crippen molar-refractivity contribution in [2.45, 2.75) is 38.0 Å². The molecule has 184 valence electrons. The molecule has 2 N–H and O–H groups in total. The lowest BCUT2D eigenvalue weighted by molar-refractivity contribution is -0.137. The number of carboxylic acids is 1. The Balaban J connectivity index is 1.21. The first-order chi connectivity index (χ1) is 17.7. The number of hydrogen-bond donors (Lipinski definition) is 2. The number of aromatic nitrogens is 2. The third-order valence-electron chi connectivity index (χ3n) is 6.67. The smallest absolute Gasteiger partial charge is 0.303 e. The monoisotopic (exact) mass is 482 g/mol. The summed E-state index contributed by atoms with van der Waals surface area (Å²) in [5.74, 6) is 1.21. The van der Waals surface area contributed by atoms with E-state index in [1.54, 1.807) is 6.20 Å². The van der Waals surface area contributed by atoms with E-state index < -0.39 is 5.97 Å². The third kappa shape index (κ3) is 5.43. The Morgan fingerprint density at radius 3 is 2.56 bits per heavy atom. The van der Waals surface area contributed by atoms with E-state index in [1.807, 2.05) is 36.4 Å². The number of nitrogens with zero attached hydrogens (tertiary/aromatic N) is 1. The Kier molecular flexibility index (Phi) is 7.31. The molecule has 0 aliphatic heterocycles. The van der Waals surface area contributed by atoms with E-state index in [1.165, 1.54) is 22.3 Å². The minimum atomic E-state index is -0.738. The van der Waals surface area contributed by atoms with Gasteiger partial charge in [0.2, 0.25) is 0 Å². The first-order valence-corrected chi connectivity index (χ1v) is 12.5. The number of fused-ring (bicyclic) bond motifs is 3. The number of para-hydroxylation sites is 1. The number of aliphatic carboxylic acids is 1. The summed E-state index contributed by atoms with van der Waals surface area (Å²) in [6, 6.07) is 24.7. The van der Waals surface area contributed by atoms with Crippen molar-refractivity contribution < 1.29 is 19.4 Å². The first-order valence-electron chi connectivity index (χ1n) is 12.5. The number of carbonyl (C=O) groups is 1. The highest BCUT2D eigenvalue weighted by atomic mass is 16.5. The molecule has 1 atom stereocenters. The number of benzene rings is 3. The summed E-state index contributed by atoms with van der Waals surface area (Å²) < 4.78 is 12.1. The van der Waals surface area contributed by atoms with Crippen LogP contribution in [0.3, 0.4) is 0 Å². The van der Waals surface area contributed by atoms with Gasteiger partial charge in [-0.05, 0) is 77.8 Å². The predicted molar refractivity (Wildman–Crippen MR) is 139 cm³/mol. The van der Waals surface area contributed by atoms with E-state index in [0.717, 1.165) is 42.0 Å². The van der Waals surface area contributed by atoms with E-state index in [4.69, 9.17) is 14.6 Å². The van der Waals surface area contributed by atoms with Crippen LogP contribution in [0.1, 0.15) is 42.7 Å². The van der Waals surface area contributed by atoms with E-state index in [9.17, 15) is 4.79 Å². The maximum atomic E-state index is 11.0. The number of nitrogens with one attached hydrogen (secondary N) is 1. The van der Waals surface area contributed by atoms with Crippen LogP contribution in [0, 0.1) is 0 Å². The molecule has 1 heterocycles. The van der Waals surface area contributed by atoms with Crippen LogP contribution in [0.5, 0.6) is 11.5 Å². The van der Waals surface area contributed by atoms with Gasteiger partial charge >= 0.3 is 5.97 Å². The zero-order valence-corrected chi connectivity index (χ0v) is 20.2. The highest BCUT2D eigenvalue weighted by Gasteiger charge is 2.25. The van der Waals surface area contributed by atoms with Crippen molar-refractivity contribution in [3.05, 3.63) is 90.1 Å². The molecule has 5 rings (SSSR count). The van der Waals surface area contributed by atoms with Crippen molar-refractivity contribution >= 4 is 5.97 Å². The van der Waals surface area contributed by atoms with Crippen molar-refractivity contribution in [2.24, 2.45) is 0 Å². The molecule has 0 saturated heterocycles. The topological polar surface area (TPSA) is 84.4 Å². The lowest BCUT2D eigenvalue weighted by Crippen LogP contribution is -2.13. The fourth-order valence-corrected chi connectivity index (χ4v) is 4.96. The molecule has 0 radical (unpaired) electrons. The van der Waals surface area contributed by atoms with Crippen molar-refractivity contribution in [1.29, 1.82) is 0 Å². The predicted octanol–water partition coefficient (Wildman–Crippen LogP) is 6.49. The minimum Gasteiger partial charge on any atom is -0.493 e. The van der Waals surface area contributed by atoms with Crippen molar-refractivity contribution in [1.82, 2.24) is 10.2 Å². The number of ether oxygens (including phenoxy) is 2. The van der Waals surface area contributed by atoms with Crippen LogP contribution >= 0.6 is 0 Å². The number of hydrogen-bond acceptors (Lipinski definition) is 4. The second-order valence-electron chi connectivity index (χ2n) is 9.11. The van der Waals surface area contributed by atoms with E-state index in [0.29, 0.717) is 25.6 Å². The summed E-state index contributed by atoms with van der Waals surface area (Å²) in [6.07, 6.45) is 5.13. The van der Waals surface area contributed by atoms with Gasteiger partial charge in [0.1, 0.15) is 11.5 Å². The van der Waals surface area contributed by atoms with E-state index in [-0.39, 0.29) is 6.42 Å². The van der Waals surface area contributed by atoms with E-state index in [2.05, 4.69) is 46.6 Å².